The first-order chi connectivity index (χ1) is 12.0. The first-order valence-corrected chi connectivity index (χ1v) is 6.25. The van der Waals surface area contributed by atoms with Crippen LogP contribution < -0.4 is 11.3 Å². The van der Waals surface area contributed by atoms with Gasteiger partial charge in [0.25, 0.3) is 5.56 Å². The number of aromatic nitrogens is 2. The maximum atomic E-state index is 13.0. The molecule has 0 spiro atoms. The van der Waals surface area contributed by atoms with Crippen molar-refractivity contribution in [3.63, 3.8) is 0 Å². The molecule has 1 heterocycles. The first kappa shape index (κ1) is 8.71. The molecule has 1 aromatic carbocycles. The number of carbonyl (C=O) groups is 2. The van der Waals surface area contributed by atoms with Gasteiger partial charge in [0.1, 0.15) is 11.6 Å². The molecule has 6 nitrogen and oxygen atoms in total. The molecule has 0 aliphatic heterocycles. The topological polar surface area (TPSA) is 95.1 Å². The Balaban J connectivity index is 2.39. The molecule has 0 amide bonds. The Morgan fingerprint density at radius 2 is 2.24 bits per heavy atom. The zero-order valence-corrected chi connectivity index (χ0v) is 10.9. The van der Waals surface area contributed by atoms with Gasteiger partial charge in [-0.1, -0.05) is 6.07 Å². The Morgan fingerprint density at radius 1 is 1.43 bits per heavy atom. The Morgan fingerprint density at radius 3 is 3.00 bits per heavy atom. The number of anilines is 1. The monoisotopic (exact) mass is 290 g/mol. The standard InChI is InChI=1S/C15H15N3O3/c1-8-17-11-4-2-3-10(16)14(11)15(21)18(8)12-6-5-9(19)7-13(12)20/h2-4,12H,5-7,16H2,1H3/i1D3,5D,6D. The number of nitrogens with zero attached hydrogens (tertiary/aromatic N) is 2. The summed E-state index contributed by atoms with van der Waals surface area (Å²) in [5.41, 5.74) is 5.04. The van der Waals surface area contributed by atoms with Gasteiger partial charge in [0.15, 0.2) is 5.78 Å². The smallest absolute Gasteiger partial charge is 0.264 e. The van der Waals surface area contributed by atoms with Gasteiger partial charge in [-0.2, -0.15) is 0 Å². The van der Waals surface area contributed by atoms with Crippen LogP contribution in [-0.2, 0) is 9.59 Å². The molecule has 21 heavy (non-hydrogen) atoms. The quantitative estimate of drug-likeness (QED) is 0.628. The average Bonchev–Trinajstić information content (AvgIpc) is 2.53. The van der Waals surface area contributed by atoms with E-state index in [4.69, 9.17) is 12.6 Å². The Hall–Kier alpha value is -2.50. The third kappa shape index (κ3) is 2.12. The van der Waals surface area contributed by atoms with Crippen molar-refractivity contribution in [2.45, 2.75) is 32.1 Å². The van der Waals surface area contributed by atoms with Crippen LogP contribution in [0.3, 0.4) is 0 Å². The lowest BCUT2D eigenvalue weighted by Crippen LogP contribution is -2.36. The molecule has 1 aliphatic rings. The van der Waals surface area contributed by atoms with Gasteiger partial charge in [0.05, 0.1) is 23.4 Å². The van der Waals surface area contributed by atoms with Crippen LogP contribution >= 0.6 is 0 Å². The molecular weight excluding hydrogens is 270 g/mol. The van der Waals surface area contributed by atoms with Crippen molar-refractivity contribution in [3.05, 3.63) is 34.4 Å². The molecule has 0 saturated heterocycles. The van der Waals surface area contributed by atoms with Gasteiger partial charge in [-0.25, -0.2) is 4.98 Å². The van der Waals surface area contributed by atoms with E-state index < -0.39 is 55.1 Å². The first-order valence-electron chi connectivity index (χ1n) is 8.90. The molecular formula is C15H15N3O3. The van der Waals surface area contributed by atoms with Crippen molar-refractivity contribution in [2.75, 3.05) is 5.73 Å². The molecule has 3 rings (SSSR count). The number of Topliss-reactive ketones (excluding diaryl/α,β-unsaturated/α-hetero) is 2. The average molecular weight is 290 g/mol. The maximum Gasteiger partial charge on any atom is 0.264 e. The van der Waals surface area contributed by atoms with E-state index in [0.29, 0.717) is 4.57 Å². The number of rotatable bonds is 1. The highest BCUT2D eigenvalue weighted by molar-refractivity contribution is 6.03. The third-order valence-electron chi connectivity index (χ3n) is 3.38. The molecule has 108 valence electrons. The minimum atomic E-state index is -2.85. The summed E-state index contributed by atoms with van der Waals surface area (Å²) in [6.45, 7) is -2.85. The summed E-state index contributed by atoms with van der Waals surface area (Å²) in [5.74, 6) is -2.19. The van der Waals surface area contributed by atoms with E-state index >= 15 is 0 Å². The van der Waals surface area contributed by atoms with E-state index in [1.165, 1.54) is 18.2 Å². The van der Waals surface area contributed by atoms with Crippen molar-refractivity contribution in [2.24, 2.45) is 0 Å². The Kier molecular flexibility index (Phi) is 1.99. The van der Waals surface area contributed by atoms with Gasteiger partial charge in [0, 0.05) is 18.9 Å². The predicted molar refractivity (Wildman–Crippen MR) is 78.1 cm³/mol. The maximum absolute atomic E-state index is 13.0. The number of fused-ring (bicyclic) bond motifs is 1. The molecule has 1 saturated carbocycles. The number of nitrogen functional groups attached to an aromatic ring is 1. The molecule has 0 bridgehead atoms. The van der Waals surface area contributed by atoms with Gasteiger partial charge < -0.3 is 5.73 Å². The third-order valence-corrected chi connectivity index (χ3v) is 3.38. The lowest BCUT2D eigenvalue weighted by Gasteiger charge is -2.24. The minimum Gasteiger partial charge on any atom is -0.398 e. The number of aryl methyl sites for hydroxylation is 1. The van der Waals surface area contributed by atoms with Gasteiger partial charge in [0.2, 0.25) is 0 Å². The second kappa shape index (κ2) is 4.80. The lowest BCUT2D eigenvalue weighted by atomic mass is 9.92. The van der Waals surface area contributed by atoms with Crippen molar-refractivity contribution in [1.82, 2.24) is 9.55 Å². The van der Waals surface area contributed by atoms with E-state index in [1.54, 1.807) is 0 Å². The number of hydrogen-bond donors (Lipinski definition) is 1. The van der Waals surface area contributed by atoms with Gasteiger partial charge in [-0.05, 0) is 25.4 Å². The second-order valence-electron chi connectivity index (χ2n) is 4.77. The molecule has 1 aliphatic carbocycles. The number of carbonyl (C=O) groups excluding carboxylic acids is 2. The summed E-state index contributed by atoms with van der Waals surface area (Å²) in [4.78, 5) is 41.1. The van der Waals surface area contributed by atoms with Gasteiger partial charge in [-0.15, -0.1) is 0 Å². The van der Waals surface area contributed by atoms with Crippen molar-refractivity contribution in [3.8, 4) is 0 Å². The zero-order valence-electron chi connectivity index (χ0n) is 15.9. The number of nitrogens with two attached hydrogens (primary N) is 1. The molecule has 3 unspecified atom stereocenters. The summed E-state index contributed by atoms with van der Waals surface area (Å²) >= 11 is 0. The fourth-order valence-corrected chi connectivity index (χ4v) is 2.40. The predicted octanol–water partition coefficient (Wildman–Crippen LogP) is 1.15. The number of benzene rings is 1. The fourth-order valence-electron chi connectivity index (χ4n) is 2.40. The summed E-state index contributed by atoms with van der Waals surface area (Å²) in [6, 6.07) is 2.77. The SMILES string of the molecule is [2H]C1C(=O)CC(=O)C(n2c(C([2H])([2H])[2H])nc3cccc(N)c3c2=O)C1[2H]. The van der Waals surface area contributed by atoms with Crippen LogP contribution in [-0.4, -0.2) is 21.1 Å². The molecule has 3 atom stereocenters. The van der Waals surface area contributed by atoms with E-state index in [9.17, 15) is 14.4 Å². The largest absolute Gasteiger partial charge is 0.398 e. The summed E-state index contributed by atoms with van der Waals surface area (Å²) in [7, 11) is 0. The van der Waals surface area contributed by atoms with Crippen molar-refractivity contribution >= 4 is 28.2 Å². The Bertz CT molecular complexity index is 985. The minimum absolute atomic E-state index is 0.0501. The molecule has 6 heteroatoms. The van der Waals surface area contributed by atoms with Gasteiger partial charge >= 0.3 is 0 Å². The van der Waals surface area contributed by atoms with E-state index in [-0.39, 0.29) is 16.6 Å². The summed E-state index contributed by atoms with van der Waals surface area (Å²) in [6.07, 6.45) is -3.81. The fraction of sp³-hybridized carbons (Fsp3) is 0.333. The lowest BCUT2D eigenvalue weighted by molar-refractivity contribution is -0.132. The molecule has 1 fully saturated rings. The molecule has 2 aromatic rings. The summed E-state index contributed by atoms with van der Waals surface area (Å²) in [5, 5.41) is -0.0704. The summed E-state index contributed by atoms with van der Waals surface area (Å²) < 4.78 is 39.5. The molecule has 0 radical (unpaired) electrons. The van der Waals surface area contributed by atoms with E-state index in [0.717, 1.165) is 0 Å². The van der Waals surface area contributed by atoms with Crippen LogP contribution in [0.2, 0.25) is 0 Å². The highest BCUT2D eigenvalue weighted by Crippen LogP contribution is 2.24. The number of hydrogen-bond acceptors (Lipinski definition) is 5. The molecule has 2 N–H and O–H groups in total. The van der Waals surface area contributed by atoms with Crippen LogP contribution in [0.4, 0.5) is 5.69 Å². The van der Waals surface area contributed by atoms with Crippen molar-refractivity contribution < 1.29 is 16.4 Å². The van der Waals surface area contributed by atoms with Crippen LogP contribution in [0.5, 0.6) is 0 Å². The van der Waals surface area contributed by atoms with E-state index in [1.807, 2.05) is 0 Å². The highest BCUT2D eigenvalue weighted by Gasteiger charge is 2.30. The Labute approximate surface area is 127 Å². The van der Waals surface area contributed by atoms with Crippen LogP contribution in [0.15, 0.2) is 23.0 Å². The van der Waals surface area contributed by atoms with Gasteiger partial charge in [-0.3, -0.25) is 19.0 Å². The van der Waals surface area contributed by atoms with Crippen molar-refractivity contribution in [1.29, 1.82) is 0 Å². The van der Waals surface area contributed by atoms with Crippen LogP contribution in [0.25, 0.3) is 10.9 Å². The highest BCUT2D eigenvalue weighted by atomic mass is 16.2. The normalized spacial score (nSPS) is 30.3. The molecule has 1 aromatic heterocycles. The number of ketones is 2. The second-order valence-corrected chi connectivity index (χ2v) is 4.77. The van der Waals surface area contributed by atoms with Crippen LogP contribution in [0, 0.1) is 6.85 Å². The zero-order chi connectivity index (χ0) is 19.4. The van der Waals surface area contributed by atoms with E-state index in [2.05, 4.69) is 4.98 Å². The van der Waals surface area contributed by atoms with Crippen LogP contribution in [0.1, 0.15) is 37.9 Å².